The van der Waals surface area contributed by atoms with E-state index in [1.807, 2.05) is 24.5 Å². The van der Waals surface area contributed by atoms with E-state index in [-0.39, 0.29) is 5.92 Å². The monoisotopic (exact) mass is 302 g/mol. The van der Waals surface area contributed by atoms with Gasteiger partial charge >= 0.3 is 0 Å². The SMILES string of the molecule is c1ccc(C(CC2=NCCN2)c2nccc3ccccc23)nc1. The second kappa shape index (κ2) is 6.16. The molecule has 0 amide bonds. The van der Waals surface area contributed by atoms with E-state index in [0.717, 1.165) is 36.7 Å². The topological polar surface area (TPSA) is 50.2 Å². The summed E-state index contributed by atoms with van der Waals surface area (Å²) < 4.78 is 0. The highest BCUT2D eigenvalue weighted by Crippen LogP contribution is 2.31. The summed E-state index contributed by atoms with van der Waals surface area (Å²) in [6.07, 6.45) is 4.53. The third-order valence-electron chi connectivity index (χ3n) is 4.22. The molecule has 1 unspecified atom stereocenters. The Balaban J connectivity index is 1.83. The molecule has 3 heterocycles. The molecule has 4 heteroatoms. The number of amidine groups is 1. The first-order valence-electron chi connectivity index (χ1n) is 7.93. The number of pyridine rings is 2. The van der Waals surface area contributed by atoms with Crippen LogP contribution >= 0.6 is 0 Å². The second-order valence-electron chi connectivity index (χ2n) is 5.68. The van der Waals surface area contributed by atoms with Gasteiger partial charge in [-0.3, -0.25) is 15.0 Å². The van der Waals surface area contributed by atoms with Gasteiger partial charge in [-0.25, -0.2) is 0 Å². The number of aromatic nitrogens is 2. The predicted octanol–water partition coefficient (Wildman–Crippen LogP) is 3.15. The molecule has 1 atom stereocenters. The Hall–Kier alpha value is -2.75. The van der Waals surface area contributed by atoms with Gasteiger partial charge in [0.05, 0.1) is 24.0 Å². The fourth-order valence-electron chi connectivity index (χ4n) is 3.12. The zero-order valence-electron chi connectivity index (χ0n) is 12.8. The zero-order valence-corrected chi connectivity index (χ0v) is 12.8. The molecule has 23 heavy (non-hydrogen) atoms. The smallest absolute Gasteiger partial charge is 0.0975 e. The first-order valence-corrected chi connectivity index (χ1v) is 7.93. The Morgan fingerprint density at radius 2 is 1.87 bits per heavy atom. The van der Waals surface area contributed by atoms with Gasteiger partial charge < -0.3 is 5.32 Å². The van der Waals surface area contributed by atoms with Crippen molar-refractivity contribution in [1.29, 1.82) is 0 Å². The Morgan fingerprint density at radius 1 is 0.957 bits per heavy atom. The molecule has 1 N–H and O–H groups in total. The second-order valence-corrected chi connectivity index (χ2v) is 5.68. The molecule has 1 aromatic carbocycles. The molecule has 0 aliphatic carbocycles. The fourth-order valence-corrected chi connectivity index (χ4v) is 3.12. The van der Waals surface area contributed by atoms with Crippen LogP contribution in [0.4, 0.5) is 0 Å². The van der Waals surface area contributed by atoms with Crippen LogP contribution in [-0.4, -0.2) is 28.9 Å². The van der Waals surface area contributed by atoms with Gasteiger partial charge in [-0.15, -0.1) is 0 Å². The number of aliphatic imine (C=N–C) groups is 1. The van der Waals surface area contributed by atoms with Crippen molar-refractivity contribution in [1.82, 2.24) is 15.3 Å². The summed E-state index contributed by atoms with van der Waals surface area (Å²) in [7, 11) is 0. The lowest BCUT2D eigenvalue weighted by molar-refractivity contribution is 0.780. The molecule has 114 valence electrons. The first kappa shape index (κ1) is 13.9. The van der Waals surface area contributed by atoms with E-state index in [4.69, 9.17) is 4.98 Å². The van der Waals surface area contributed by atoms with Crippen molar-refractivity contribution in [2.45, 2.75) is 12.3 Å². The van der Waals surface area contributed by atoms with Crippen molar-refractivity contribution in [3.8, 4) is 0 Å². The maximum Gasteiger partial charge on any atom is 0.0975 e. The first-order chi connectivity index (χ1) is 11.4. The largest absolute Gasteiger partial charge is 0.372 e. The summed E-state index contributed by atoms with van der Waals surface area (Å²) in [6, 6.07) is 16.5. The summed E-state index contributed by atoms with van der Waals surface area (Å²) in [5.41, 5.74) is 2.10. The van der Waals surface area contributed by atoms with Gasteiger partial charge in [0.1, 0.15) is 0 Å². The Labute approximate surface area is 135 Å². The molecule has 1 aliphatic rings. The van der Waals surface area contributed by atoms with Crippen LogP contribution in [0.25, 0.3) is 10.8 Å². The number of nitrogens with one attached hydrogen (secondary N) is 1. The lowest BCUT2D eigenvalue weighted by Gasteiger charge is -2.18. The van der Waals surface area contributed by atoms with Crippen molar-refractivity contribution in [2.75, 3.05) is 13.1 Å². The summed E-state index contributed by atoms with van der Waals surface area (Å²) in [6.45, 7) is 1.78. The van der Waals surface area contributed by atoms with Crippen LogP contribution < -0.4 is 5.32 Å². The average Bonchev–Trinajstić information content (AvgIpc) is 3.13. The normalized spacial score (nSPS) is 15.2. The number of rotatable bonds is 4. The standard InChI is InChI=1S/C19H18N4/c1-2-6-15-14(5-1)8-10-23-19(15)16(13-18-21-11-12-22-18)17-7-3-4-9-20-17/h1-10,16H,11-13H2,(H,21,22). The van der Waals surface area contributed by atoms with Crippen LogP contribution in [0.15, 0.2) is 65.9 Å². The van der Waals surface area contributed by atoms with Gasteiger partial charge in [-0.2, -0.15) is 0 Å². The number of nitrogens with zero attached hydrogens (tertiary/aromatic N) is 3. The molecule has 4 nitrogen and oxygen atoms in total. The lowest BCUT2D eigenvalue weighted by Crippen LogP contribution is -2.22. The highest BCUT2D eigenvalue weighted by Gasteiger charge is 2.22. The maximum atomic E-state index is 4.70. The van der Waals surface area contributed by atoms with E-state index in [9.17, 15) is 0 Å². The van der Waals surface area contributed by atoms with Gasteiger partial charge in [0, 0.05) is 36.4 Å². The highest BCUT2D eigenvalue weighted by atomic mass is 15.1. The molecule has 0 bridgehead atoms. The zero-order chi connectivity index (χ0) is 15.5. The molecular weight excluding hydrogens is 284 g/mol. The molecule has 0 spiro atoms. The van der Waals surface area contributed by atoms with Crippen LogP contribution in [-0.2, 0) is 0 Å². The lowest BCUT2D eigenvalue weighted by atomic mass is 9.92. The molecule has 0 saturated heterocycles. The quantitative estimate of drug-likeness (QED) is 0.805. The Bertz CT molecular complexity index is 837. The van der Waals surface area contributed by atoms with Crippen LogP contribution in [0.5, 0.6) is 0 Å². The van der Waals surface area contributed by atoms with Crippen molar-refractivity contribution >= 4 is 16.6 Å². The van der Waals surface area contributed by atoms with Gasteiger partial charge in [0.2, 0.25) is 0 Å². The van der Waals surface area contributed by atoms with Crippen molar-refractivity contribution in [2.24, 2.45) is 4.99 Å². The number of hydrogen-bond acceptors (Lipinski definition) is 4. The molecule has 4 rings (SSSR count). The minimum atomic E-state index is 0.103. The van der Waals surface area contributed by atoms with E-state index in [1.165, 1.54) is 10.8 Å². The van der Waals surface area contributed by atoms with E-state index >= 15 is 0 Å². The number of hydrogen-bond donors (Lipinski definition) is 1. The number of fused-ring (bicyclic) bond motifs is 1. The molecule has 2 aromatic heterocycles. The summed E-state index contributed by atoms with van der Waals surface area (Å²) >= 11 is 0. The summed E-state index contributed by atoms with van der Waals surface area (Å²) in [4.78, 5) is 13.8. The fraction of sp³-hybridized carbons (Fsp3) is 0.211. The molecule has 1 aliphatic heterocycles. The minimum absolute atomic E-state index is 0.103. The molecule has 3 aromatic rings. The van der Waals surface area contributed by atoms with Crippen molar-refractivity contribution in [3.63, 3.8) is 0 Å². The van der Waals surface area contributed by atoms with Gasteiger partial charge in [0.15, 0.2) is 0 Å². The maximum absolute atomic E-state index is 4.70. The molecule has 0 saturated carbocycles. The minimum Gasteiger partial charge on any atom is -0.372 e. The predicted molar refractivity (Wildman–Crippen MR) is 92.7 cm³/mol. The van der Waals surface area contributed by atoms with Gasteiger partial charge in [-0.1, -0.05) is 30.3 Å². The van der Waals surface area contributed by atoms with E-state index in [2.05, 4.69) is 51.7 Å². The Morgan fingerprint density at radius 3 is 2.70 bits per heavy atom. The van der Waals surface area contributed by atoms with Crippen LogP contribution in [0, 0.1) is 0 Å². The molecular formula is C19H18N4. The van der Waals surface area contributed by atoms with E-state index < -0.39 is 0 Å². The van der Waals surface area contributed by atoms with Crippen molar-refractivity contribution < 1.29 is 0 Å². The van der Waals surface area contributed by atoms with Crippen molar-refractivity contribution in [3.05, 3.63) is 72.3 Å². The van der Waals surface area contributed by atoms with Crippen LogP contribution in [0.1, 0.15) is 23.7 Å². The third-order valence-corrected chi connectivity index (χ3v) is 4.22. The Kier molecular flexibility index (Phi) is 3.72. The summed E-state index contributed by atoms with van der Waals surface area (Å²) in [5.74, 6) is 1.15. The highest BCUT2D eigenvalue weighted by molar-refractivity contribution is 5.88. The van der Waals surface area contributed by atoms with Gasteiger partial charge in [-0.05, 0) is 23.6 Å². The summed E-state index contributed by atoms with van der Waals surface area (Å²) in [5, 5.41) is 5.76. The van der Waals surface area contributed by atoms with Crippen LogP contribution in [0.2, 0.25) is 0 Å². The molecule has 0 radical (unpaired) electrons. The third kappa shape index (κ3) is 2.80. The average molecular weight is 302 g/mol. The van der Waals surface area contributed by atoms with Crippen LogP contribution in [0.3, 0.4) is 0 Å². The van der Waals surface area contributed by atoms with E-state index in [1.54, 1.807) is 0 Å². The van der Waals surface area contributed by atoms with E-state index in [0.29, 0.717) is 0 Å². The number of benzene rings is 1. The molecule has 0 fully saturated rings. The van der Waals surface area contributed by atoms with Gasteiger partial charge in [0.25, 0.3) is 0 Å².